The largest absolute Gasteiger partial charge is 0.374 e. The molecular formula is C14H22ClFN2O. The van der Waals surface area contributed by atoms with Gasteiger partial charge in [0.1, 0.15) is 5.82 Å². The summed E-state index contributed by atoms with van der Waals surface area (Å²) in [5, 5.41) is 0.151. The van der Waals surface area contributed by atoms with Gasteiger partial charge in [-0.05, 0) is 38.3 Å². The van der Waals surface area contributed by atoms with Crippen LogP contribution >= 0.6 is 11.6 Å². The third-order valence-corrected chi connectivity index (χ3v) is 3.99. The molecule has 0 aliphatic rings. The summed E-state index contributed by atoms with van der Waals surface area (Å²) in [6.45, 7) is 6.57. The SMILES string of the molecule is CCOC(C)(CC)C(Cc1cccc(F)c1Cl)NN. The summed E-state index contributed by atoms with van der Waals surface area (Å²) >= 11 is 5.98. The summed E-state index contributed by atoms with van der Waals surface area (Å²) in [6, 6.07) is 4.65. The lowest BCUT2D eigenvalue weighted by Crippen LogP contribution is -2.54. The molecule has 2 atom stereocenters. The van der Waals surface area contributed by atoms with Crippen molar-refractivity contribution in [3.8, 4) is 0 Å². The summed E-state index contributed by atoms with van der Waals surface area (Å²) in [4.78, 5) is 0. The molecule has 3 N–H and O–H groups in total. The van der Waals surface area contributed by atoms with Gasteiger partial charge in [-0.25, -0.2) is 4.39 Å². The average molecular weight is 289 g/mol. The van der Waals surface area contributed by atoms with Gasteiger partial charge in [0.15, 0.2) is 0 Å². The molecule has 1 aromatic carbocycles. The first kappa shape index (κ1) is 16.4. The van der Waals surface area contributed by atoms with E-state index in [2.05, 4.69) is 5.43 Å². The zero-order valence-electron chi connectivity index (χ0n) is 11.7. The van der Waals surface area contributed by atoms with Gasteiger partial charge in [-0.2, -0.15) is 0 Å². The van der Waals surface area contributed by atoms with Crippen molar-refractivity contribution in [1.82, 2.24) is 5.43 Å². The van der Waals surface area contributed by atoms with E-state index < -0.39 is 11.4 Å². The van der Waals surface area contributed by atoms with Crippen LogP contribution in [0.3, 0.4) is 0 Å². The van der Waals surface area contributed by atoms with Crippen LogP contribution < -0.4 is 11.3 Å². The van der Waals surface area contributed by atoms with E-state index in [1.54, 1.807) is 12.1 Å². The third kappa shape index (κ3) is 3.89. The molecule has 0 saturated carbocycles. The highest BCUT2D eigenvalue weighted by atomic mass is 35.5. The molecule has 108 valence electrons. The first-order valence-electron chi connectivity index (χ1n) is 6.51. The number of hydrogen-bond donors (Lipinski definition) is 2. The first-order valence-corrected chi connectivity index (χ1v) is 6.89. The molecule has 2 unspecified atom stereocenters. The maximum atomic E-state index is 13.4. The second kappa shape index (κ2) is 7.20. The molecule has 0 spiro atoms. The number of nitrogens with two attached hydrogens (primary N) is 1. The molecule has 0 aliphatic carbocycles. The maximum Gasteiger partial charge on any atom is 0.142 e. The minimum absolute atomic E-state index is 0.142. The van der Waals surface area contributed by atoms with E-state index in [4.69, 9.17) is 22.2 Å². The van der Waals surface area contributed by atoms with E-state index >= 15 is 0 Å². The molecule has 3 nitrogen and oxygen atoms in total. The minimum atomic E-state index is -0.418. The molecule has 0 saturated heterocycles. The third-order valence-electron chi connectivity index (χ3n) is 3.57. The summed E-state index contributed by atoms with van der Waals surface area (Å²) in [6.07, 6.45) is 1.31. The summed E-state index contributed by atoms with van der Waals surface area (Å²) in [5.41, 5.74) is 3.08. The van der Waals surface area contributed by atoms with Gasteiger partial charge < -0.3 is 4.74 Å². The molecular weight excluding hydrogens is 267 g/mol. The van der Waals surface area contributed by atoms with Crippen molar-refractivity contribution in [3.05, 3.63) is 34.6 Å². The Balaban J connectivity index is 2.95. The molecule has 0 heterocycles. The molecule has 0 fully saturated rings. The number of benzene rings is 1. The molecule has 0 radical (unpaired) electrons. The van der Waals surface area contributed by atoms with E-state index in [0.717, 1.165) is 12.0 Å². The smallest absolute Gasteiger partial charge is 0.142 e. The van der Waals surface area contributed by atoms with Crippen molar-refractivity contribution >= 4 is 11.6 Å². The van der Waals surface area contributed by atoms with E-state index in [-0.39, 0.29) is 11.1 Å². The summed E-state index contributed by atoms with van der Waals surface area (Å²) < 4.78 is 19.2. The van der Waals surface area contributed by atoms with Crippen molar-refractivity contribution in [2.45, 2.75) is 45.3 Å². The number of halogens is 2. The van der Waals surface area contributed by atoms with E-state index in [1.807, 2.05) is 20.8 Å². The zero-order valence-corrected chi connectivity index (χ0v) is 12.4. The molecule has 0 aliphatic heterocycles. The molecule has 5 heteroatoms. The van der Waals surface area contributed by atoms with Gasteiger partial charge in [-0.15, -0.1) is 0 Å². The van der Waals surface area contributed by atoms with Crippen LogP contribution in [0.5, 0.6) is 0 Å². The number of rotatable bonds is 7. The Hall–Kier alpha value is -0.680. The Labute approximate surface area is 119 Å². The van der Waals surface area contributed by atoms with Crippen LogP contribution in [0.25, 0.3) is 0 Å². The monoisotopic (exact) mass is 288 g/mol. The highest BCUT2D eigenvalue weighted by Gasteiger charge is 2.33. The molecule has 1 rings (SSSR count). The van der Waals surface area contributed by atoms with Crippen LogP contribution in [-0.2, 0) is 11.2 Å². The molecule has 19 heavy (non-hydrogen) atoms. The van der Waals surface area contributed by atoms with Gasteiger partial charge in [0, 0.05) is 6.61 Å². The average Bonchev–Trinajstić information content (AvgIpc) is 2.40. The van der Waals surface area contributed by atoms with Gasteiger partial charge >= 0.3 is 0 Å². The van der Waals surface area contributed by atoms with E-state index in [1.165, 1.54) is 6.07 Å². The van der Waals surface area contributed by atoms with Crippen LogP contribution in [0.2, 0.25) is 5.02 Å². The standard InChI is InChI=1S/C14H22ClFN2O/c1-4-14(3,19-5-2)12(18-17)9-10-7-6-8-11(16)13(10)15/h6-8,12,18H,4-5,9,17H2,1-3H3. The molecule has 0 aromatic heterocycles. The lowest BCUT2D eigenvalue weighted by Gasteiger charge is -2.36. The first-order chi connectivity index (χ1) is 8.98. The van der Waals surface area contributed by atoms with Gasteiger partial charge in [-0.1, -0.05) is 30.7 Å². The lowest BCUT2D eigenvalue weighted by molar-refractivity contribution is -0.0550. The Kier molecular flexibility index (Phi) is 6.20. The van der Waals surface area contributed by atoms with Crippen molar-refractivity contribution in [2.75, 3.05) is 6.61 Å². The summed E-state index contributed by atoms with van der Waals surface area (Å²) in [7, 11) is 0. The van der Waals surface area contributed by atoms with E-state index in [0.29, 0.717) is 13.0 Å². The zero-order chi connectivity index (χ0) is 14.5. The van der Waals surface area contributed by atoms with Crippen molar-refractivity contribution in [3.63, 3.8) is 0 Å². The van der Waals surface area contributed by atoms with Crippen LogP contribution in [0, 0.1) is 5.82 Å². The molecule has 0 amide bonds. The highest BCUT2D eigenvalue weighted by Crippen LogP contribution is 2.26. The van der Waals surface area contributed by atoms with Gasteiger partial charge in [0.2, 0.25) is 0 Å². The van der Waals surface area contributed by atoms with Crippen LogP contribution in [0.4, 0.5) is 4.39 Å². The number of nitrogens with one attached hydrogen (secondary N) is 1. The van der Waals surface area contributed by atoms with Crippen molar-refractivity contribution < 1.29 is 9.13 Å². The lowest BCUT2D eigenvalue weighted by atomic mass is 9.88. The van der Waals surface area contributed by atoms with Gasteiger partial charge in [0.05, 0.1) is 16.7 Å². The van der Waals surface area contributed by atoms with E-state index in [9.17, 15) is 4.39 Å². The van der Waals surface area contributed by atoms with Crippen LogP contribution in [0.15, 0.2) is 18.2 Å². The molecule has 0 bridgehead atoms. The Morgan fingerprint density at radius 3 is 2.68 bits per heavy atom. The fourth-order valence-corrected chi connectivity index (χ4v) is 2.36. The Morgan fingerprint density at radius 2 is 2.16 bits per heavy atom. The number of hydrogen-bond acceptors (Lipinski definition) is 3. The van der Waals surface area contributed by atoms with Crippen LogP contribution in [-0.4, -0.2) is 18.2 Å². The van der Waals surface area contributed by atoms with Crippen molar-refractivity contribution in [1.29, 1.82) is 0 Å². The van der Waals surface area contributed by atoms with Crippen LogP contribution in [0.1, 0.15) is 32.8 Å². The van der Waals surface area contributed by atoms with Crippen molar-refractivity contribution in [2.24, 2.45) is 5.84 Å². The second-order valence-electron chi connectivity index (χ2n) is 4.74. The van der Waals surface area contributed by atoms with Gasteiger partial charge in [-0.3, -0.25) is 11.3 Å². The second-order valence-corrected chi connectivity index (χ2v) is 5.11. The number of ether oxygens (including phenoxy) is 1. The normalized spacial score (nSPS) is 16.1. The predicted octanol–water partition coefficient (Wildman–Crippen LogP) is 3.06. The fourth-order valence-electron chi connectivity index (χ4n) is 2.16. The predicted molar refractivity (Wildman–Crippen MR) is 76.5 cm³/mol. The maximum absolute atomic E-state index is 13.4. The van der Waals surface area contributed by atoms with Gasteiger partial charge in [0.25, 0.3) is 0 Å². The fraction of sp³-hybridized carbons (Fsp3) is 0.571. The minimum Gasteiger partial charge on any atom is -0.374 e. The quantitative estimate of drug-likeness (QED) is 0.599. The Morgan fingerprint density at radius 1 is 1.47 bits per heavy atom. The molecule has 1 aromatic rings. The highest BCUT2D eigenvalue weighted by molar-refractivity contribution is 6.31. The summed E-state index contributed by atoms with van der Waals surface area (Å²) in [5.74, 6) is 5.22. The Bertz CT molecular complexity index is 416. The topological polar surface area (TPSA) is 47.3 Å². The number of hydrazine groups is 1.